The molecule has 0 atom stereocenters. The molecule has 1 aromatic heterocycles. The number of hydrogen-bond donors (Lipinski definition) is 0. The van der Waals surface area contributed by atoms with Gasteiger partial charge in [0.2, 0.25) is 0 Å². The first-order valence-electron chi connectivity index (χ1n) is 4.02. The van der Waals surface area contributed by atoms with Crippen LogP contribution in [0.2, 0.25) is 0 Å². The van der Waals surface area contributed by atoms with Crippen molar-refractivity contribution in [1.29, 1.82) is 0 Å². The summed E-state index contributed by atoms with van der Waals surface area (Å²) >= 11 is 1.76. The van der Waals surface area contributed by atoms with Crippen LogP contribution in [0.3, 0.4) is 0 Å². The molecule has 0 N–H and O–H groups in total. The van der Waals surface area contributed by atoms with E-state index in [1.807, 2.05) is 0 Å². The average Bonchev–Trinajstić information content (AvgIpc) is 2.39. The van der Waals surface area contributed by atoms with E-state index in [0.29, 0.717) is 0 Å². The molecule has 0 unspecified atom stereocenters. The van der Waals surface area contributed by atoms with Crippen LogP contribution < -0.4 is 0 Å². The number of benzene rings is 1. The number of aryl methyl sites for hydroxylation is 3. The molecule has 62 valence electrons. The molecule has 12 heavy (non-hydrogen) atoms. The van der Waals surface area contributed by atoms with E-state index in [0.717, 1.165) is 5.01 Å². The molecule has 2 rings (SSSR count). The molecular weight excluding hydrogens is 166 g/mol. The van der Waals surface area contributed by atoms with Crippen molar-refractivity contribution in [2.45, 2.75) is 20.8 Å². The second kappa shape index (κ2) is 2.56. The molecule has 2 aromatic rings. The highest BCUT2D eigenvalue weighted by Crippen LogP contribution is 2.25. The molecule has 1 aromatic carbocycles. The molecule has 0 aliphatic rings. The lowest BCUT2D eigenvalue weighted by Gasteiger charge is -1.98. The maximum Gasteiger partial charge on any atom is 0.0907 e. The Hall–Kier alpha value is -0.890. The molecule has 0 aliphatic carbocycles. The number of fused-ring (bicyclic) bond motifs is 1. The van der Waals surface area contributed by atoms with Crippen LogP contribution in [0.5, 0.6) is 0 Å². The summed E-state index contributed by atoms with van der Waals surface area (Å²) in [5.74, 6) is 0. The molecule has 0 fully saturated rings. The van der Waals surface area contributed by atoms with Gasteiger partial charge in [0.1, 0.15) is 0 Å². The van der Waals surface area contributed by atoms with Crippen molar-refractivity contribution in [2.24, 2.45) is 0 Å². The highest BCUT2D eigenvalue weighted by Gasteiger charge is 2.03. The summed E-state index contributed by atoms with van der Waals surface area (Å²) in [6.07, 6.45) is 0. The first kappa shape index (κ1) is 7.74. The van der Waals surface area contributed by atoms with Gasteiger partial charge in [-0.2, -0.15) is 0 Å². The maximum atomic E-state index is 4.49. The van der Waals surface area contributed by atoms with Crippen LogP contribution in [0.15, 0.2) is 12.1 Å². The summed E-state index contributed by atoms with van der Waals surface area (Å²) in [5, 5.41) is 1.15. The Kier molecular flexibility index (Phi) is 1.65. The second-order valence-electron chi connectivity index (χ2n) is 3.09. The number of rotatable bonds is 0. The summed E-state index contributed by atoms with van der Waals surface area (Å²) in [4.78, 5) is 4.49. The molecule has 1 heterocycles. The fraction of sp³-hybridized carbons (Fsp3) is 0.300. The van der Waals surface area contributed by atoms with Gasteiger partial charge in [0, 0.05) is 0 Å². The van der Waals surface area contributed by atoms with Crippen molar-refractivity contribution in [3.05, 3.63) is 28.3 Å². The van der Waals surface area contributed by atoms with Crippen LogP contribution in [-0.2, 0) is 0 Å². The standard InChI is InChI=1S/C10H11NS/c1-6-4-5-9-10(7(6)2)11-8(3)12-9/h4-5H,1-3H3. The molecule has 0 saturated carbocycles. The number of aromatic nitrogens is 1. The summed E-state index contributed by atoms with van der Waals surface area (Å²) in [6, 6.07) is 4.32. The van der Waals surface area contributed by atoms with Gasteiger partial charge in [0.15, 0.2) is 0 Å². The highest BCUT2D eigenvalue weighted by molar-refractivity contribution is 7.18. The molecular formula is C10H11NS. The van der Waals surface area contributed by atoms with Crippen LogP contribution in [0.4, 0.5) is 0 Å². The molecule has 0 radical (unpaired) electrons. The fourth-order valence-corrected chi connectivity index (χ4v) is 2.22. The Morgan fingerprint density at radius 2 is 1.92 bits per heavy atom. The lowest BCUT2D eigenvalue weighted by atomic mass is 10.1. The summed E-state index contributed by atoms with van der Waals surface area (Å²) < 4.78 is 1.30. The lowest BCUT2D eigenvalue weighted by molar-refractivity contribution is 1.30. The zero-order valence-corrected chi connectivity index (χ0v) is 8.33. The van der Waals surface area contributed by atoms with E-state index in [1.54, 1.807) is 11.3 Å². The van der Waals surface area contributed by atoms with Gasteiger partial charge in [-0.05, 0) is 38.0 Å². The quantitative estimate of drug-likeness (QED) is 0.602. The molecule has 0 aliphatic heterocycles. The first-order chi connectivity index (χ1) is 5.68. The van der Waals surface area contributed by atoms with Crippen molar-refractivity contribution >= 4 is 21.6 Å². The first-order valence-corrected chi connectivity index (χ1v) is 4.83. The smallest absolute Gasteiger partial charge is 0.0907 e. The van der Waals surface area contributed by atoms with Crippen LogP contribution in [-0.4, -0.2) is 4.98 Å². The van der Waals surface area contributed by atoms with Gasteiger partial charge < -0.3 is 0 Å². The minimum atomic E-state index is 1.15. The molecule has 2 heteroatoms. The van der Waals surface area contributed by atoms with Gasteiger partial charge in [-0.1, -0.05) is 6.07 Å². The lowest BCUT2D eigenvalue weighted by Crippen LogP contribution is -1.81. The average molecular weight is 177 g/mol. The van der Waals surface area contributed by atoms with Crippen molar-refractivity contribution in [1.82, 2.24) is 4.98 Å². The molecule has 0 saturated heterocycles. The zero-order valence-electron chi connectivity index (χ0n) is 7.51. The number of thiazole rings is 1. The normalized spacial score (nSPS) is 10.9. The van der Waals surface area contributed by atoms with E-state index < -0.39 is 0 Å². The van der Waals surface area contributed by atoms with E-state index in [9.17, 15) is 0 Å². The van der Waals surface area contributed by atoms with Crippen LogP contribution in [0.25, 0.3) is 10.2 Å². The largest absolute Gasteiger partial charge is 0.241 e. The fourth-order valence-electron chi connectivity index (χ4n) is 1.34. The Morgan fingerprint density at radius 1 is 1.17 bits per heavy atom. The van der Waals surface area contributed by atoms with Gasteiger partial charge in [-0.25, -0.2) is 4.98 Å². The van der Waals surface area contributed by atoms with Crippen molar-refractivity contribution in [3.63, 3.8) is 0 Å². The Balaban J connectivity index is 2.89. The molecule has 0 amide bonds. The topological polar surface area (TPSA) is 12.9 Å². The SMILES string of the molecule is Cc1nc2c(C)c(C)ccc2s1. The highest BCUT2D eigenvalue weighted by atomic mass is 32.1. The van der Waals surface area contributed by atoms with Crippen molar-refractivity contribution in [2.75, 3.05) is 0 Å². The monoisotopic (exact) mass is 177 g/mol. The predicted octanol–water partition coefficient (Wildman–Crippen LogP) is 3.22. The molecule has 0 spiro atoms. The van der Waals surface area contributed by atoms with E-state index in [-0.39, 0.29) is 0 Å². The molecule has 0 bridgehead atoms. The van der Waals surface area contributed by atoms with Gasteiger partial charge >= 0.3 is 0 Å². The minimum Gasteiger partial charge on any atom is -0.241 e. The van der Waals surface area contributed by atoms with Gasteiger partial charge in [-0.15, -0.1) is 11.3 Å². The third kappa shape index (κ3) is 1.03. The van der Waals surface area contributed by atoms with Crippen LogP contribution in [0.1, 0.15) is 16.1 Å². The summed E-state index contributed by atoms with van der Waals surface area (Å²) in [6.45, 7) is 6.32. The second-order valence-corrected chi connectivity index (χ2v) is 4.32. The van der Waals surface area contributed by atoms with E-state index in [2.05, 4.69) is 37.9 Å². The third-order valence-corrected chi connectivity index (χ3v) is 3.13. The predicted molar refractivity (Wildman–Crippen MR) is 53.8 cm³/mol. The Bertz CT molecular complexity index is 429. The molecule has 1 nitrogen and oxygen atoms in total. The minimum absolute atomic E-state index is 1.15. The van der Waals surface area contributed by atoms with Crippen molar-refractivity contribution in [3.8, 4) is 0 Å². The Labute approximate surface area is 76.1 Å². The van der Waals surface area contributed by atoms with Gasteiger partial charge in [0.05, 0.1) is 15.2 Å². The van der Waals surface area contributed by atoms with Crippen LogP contribution >= 0.6 is 11.3 Å². The van der Waals surface area contributed by atoms with Crippen molar-refractivity contribution < 1.29 is 0 Å². The zero-order chi connectivity index (χ0) is 8.72. The number of nitrogens with zero attached hydrogens (tertiary/aromatic N) is 1. The van der Waals surface area contributed by atoms with E-state index in [4.69, 9.17) is 0 Å². The van der Waals surface area contributed by atoms with E-state index in [1.165, 1.54) is 21.3 Å². The van der Waals surface area contributed by atoms with Crippen LogP contribution in [0, 0.1) is 20.8 Å². The Morgan fingerprint density at radius 3 is 2.67 bits per heavy atom. The maximum absolute atomic E-state index is 4.49. The van der Waals surface area contributed by atoms with E-state index >= 15 is 0 Å². The third-order valence-electron chi connectivity index (χ3n) is 2.19. The summed E-state index contributed by atoms with van der Waals surface area (Å²) in [7, 11) is 0. The number of hydrogen-bond acceptors (Lipinski definition) is 2. The van der Waals surface area contributed by atoms with Gasteiger partial charge in [-0.3, -0.25) is 0 Å². The van der Waals surface area contributed by atoms with Gasteiger partial charge in [0.25, 0.3) is 0 Å². The summed E-state index contributed by atoms with van der Waals surface area (Å²) in [5.41, 5.74) is 3.82.